The Bertz CT molecular complexity index is 2010. The number of aryl methyl sites for hydroxylation is 1. The number of halogens is 1. The van der Waals surface area contributed by atoms with Crippen molar-refractivity contribution in [2.24, 2.45) is 0 Å². The van der Waals surface area contributed by atoms with Gasteiger partial charge in [0.25, 0.3) is 29.5 Å². The Hall–Kier alpha value is -5.92. The van der Waals surface area contributed by atoms with Gasteiger partial charge < -0.3 is 20.9 Å². The van der Waals surface area contributed by atoms with E-state index in [2.05, 4.69) is 26.3 Å². The molecule has 6 rings (SSSR count). The Morgan fingerprint density at radius 1 is 0.860 bits per heavy atom. The highest BCUT2D eigenvalue weighted by Gasteiger charge is 2.44. The van der Waals surface area contributed by atoms with Crippen molar-refractivity contribution in [2.45, 2.75) is 58.4 Å². The Morgan fingerprint density at radius 2 is 1.56 bits per heavy atom. The molecule has 2 aromatic carbocycles. The summed E-state index contributed by atoms with van der Waals surface area (Å²) in [6.07, 6.45) is 4.68. The second-order valence-corrected chi connectivity index (χ2v) is 12.5. The minimum atomic E-state index is -1.08. The van der Waals surface area contributed by atoms with Crippen LogP contribution in [-0.4, -0.2) is 70.4 Å². The SMILES string of the molecule is Cc1[nH]c(/C=C2\C(=O)Nc3ccc(F)cc32)c(C)c1C(=O)NCCCCCCNC(=O)c1ccc2c(c1)C(=O)N(C1CCC(=O)NC1=O)C2=O. The summed E-state index contributed by atoms with van der Waals surface area (Å²) in [7, 11) is 0. The zero-order valence-corrected chi connectivity index (χ0v) is 27.5. The van der Waals surface area contributed by atoms with Crippen molar-refractivity contribution in [3.63, 3.8) is 0 Å². The fourth-order valence-electron chi connectivity index (χ4n) is 6.52. The van der Waals surface area contributed by atoms with Gasteiger partial charge in [0.05, 0.1) is 22.3 Å². The van der Waals surface area contributed by atoms with Crippen LogP contribution in [0.1, 0.15) is 102 Å². The van der Waals surface area contributed by atoms with Gasteiger partial charge in [-0.1, -0.05) is 12.8 Å². The molecule has 1 saturated heterocycles. The molecular weight excluding hydrogens is 647 g/mol. The van der Waals surface area contributed by atoms with E-state index >= 15 is 0 Å². The first-order valence-corrected chi connectivity index (χ1v) is 16.4. The monoisotopic (exact) mass is 682 g/mol. The number of fused-ring (bicyclic) bond motifs is 2. The van der Waals surface area contributed by atoms with E-state index in [1.54, 1.807) is 19.9 Å². The number of nitrogens with zero attached hydrogens (tertiary/aromatic N) is 1. The van der Waals surface area contributed by atoms with Gasteiger partial charge in [0.2, 0.25) is 11.8 Å². The highest BCUT2D eigenvalue weighted by molar-refractivity contribution is 6.35. The lowest BCUT2D eigenvalue weighted by Gasteiger charge is -2.27. The molecule has 0 aliphatic carbocycles. The van der Waals surface area contributed by atoms with Crippen LogP contribution < -0.4 is 21.3 Å². The number of piperidine rings is 1. The molecule has 0 bridgehead atoms. The quantitative estimate of drug-likeness (QED) is 0.117. The van der Waals surface area contributed by atoms with Crippen LogP contribution in [0.15, 0.2) is 36.4 Å². The Kier molecular flexibility index (Phi) is 9.44. The van der Waals surface area contributed by atoms with E-state index < -0.39 is 41.4 Å². The predicted molar refractivity (Wildman–Crippen MR) is 179 cm³/mol. The maximum absolute atomic E-state index is 13.8. The van der Waals surface area contributed by atoms with E-state index in [0.717, 1.165) is 17.7 Å². The second kappa shape index (κ2) is 13.9. The van der Waals surface area contributed by atoms with Gasteiger partial charge in [-0.25, -0.2) is 4.39 Å². The smallest absolute Gasteiger partial charge is 0.262 e. The second-order valence-electron chi connectivity index (χ2n) is 12.5. The molecule has 3 aliphatic rings. The molecule has 3 aliphatic heterocycles. The van der Waals surface area contributed by atoms with Crippen molar-refractivity contribution in [3.8, 4) is 0 Å². The molecule has 50 heavy (non-hydrogen) atoms. The molecule has 1 atom stereocenters. The van der Waals surface area contributed by atoms with Gasteiger partial charge >= 0.3 is 0 Å². The zero-order valence-electron chi connectivity index (χ0n) is 27.5. The number of carbonyl (C=O) groups excluding carboxylic acids is 7. The largest absolute Gasteiger partial charge is 0.358 e. The van der Waals surface area contributed by atoms with Gasteiger partial charge in [-0.2, -0.15) is 0 Å². The summed E-state index contributed by atoms with van der Waals surface area (Å²) in [6, 6.07) is 7.21. The van der Waals surface area contributed by atoms with Crippen molar-refractivity contribution < 1.29 is 38.0 Å². The van der Waals surface area contributed by atoms with Crippen LogP contribution in [0.3, 0.4) is 0 Å². The number of carbonyl (C=O) groups is 7. The first-order valence-electron chi connectivity index (χ1n) is 16.4. The Balaban J connectivity index is 0.936. The summed E-state index contributed by atoms with van der Waals surface area (Å²) in [4.78, 5) is 92.0. The number of hydrogen-bond acceptors (Lipinski definition) is 7. The molecule has 1 aromatic heterocycles. The molecular formula is C36H35FN6O7. The lowest BCUT2D eigenvalue weighted by molar-refractivity contribution is -0.136. The number of H-pyrrole nitrogens is 1. The molecule has 13 nitrogen and oxygen atoms in total. The highest BCUT2D eigenvalue weighted by Crippen LogP contribution is 2.34. The third-order valence-electron chi connectivity index (χ3n) is 9.13. The minimum Gasteiger partial charge on any atom is -0.358 e. The number of aromatic amines is 1. The van der Waals surface area contributed by atoms with Gasteiger partial charge in [-0.15, -0.1) is 0 Å². The van der Waals surface area contributed by atoms with Crippen molar-refractivity contribution in [1.29, 1.82) is 0 Å². The van der Waals surface area contributed by atoms with Gasteiger partial charge in [0.15, 0.2) is 0 Å². The average molecular weight is 683 g/mol. The van der Waals surface area contributed by atoms with Crippen molar-refractivity contribution >= 4 is 58.7 Å². The topological polar surface area (TPSA) is 187 Å². The summed E-state index contributed by atoms with van der Waals surface area (Å²) >= 11 is 0. The van der Waals surface area contributed by atoms with Crippen LogP contribution in [0.5, 0.6) is 0 Å². The lowest BCUT2D eigenvalue weighted by atomic mass is 10.0. The van der Waals surface area contributed by atoms with E-state index in [1.807, 2.05) is 0 Å². The summed E-state index contributed by atoms with van der Waals surface area (Å²) in [5, 5.41) is 10.6. The number of hydrogen-bond donors (Lipinski definition) is 5. The maximum Gasteiger partial charge on any atom is 0.262 e. The van der Waals surface area contributed by atoms with Crippen LogP contribution in [0.4, 0.5) is 10.1 Å². The van der Waals surface area contributed by atoms with E-state index in [9.17, 15) is 38.0 Å². The standard InChI is InChI=1S/C36H35FN6O7/c1-18-27(17-24-23-16-21(37)8-10-26(23)41-32(24)46)40-19(2)30(18)34(48)39-14-6-4-3-5-13-38-31(45)20-7-9-22-25(15-20)36(50)43(35(22)49)28-11-12-29(44)42-33(28)47/h7-10,15-17,28,40H,3-6,11-14H2,1-2H3,(H,38,45)(H,39,48)(H,41,46)(H,42,44,47)/b24-17-. The number of rotatable bonds is 11. The summed E-state index contributed by atoms with van der Waals surface area (Å²) in [6.45, 7) is 4.39. The molecule has 5 N–H and O–H groups in total. The molecule has 1 unspecified atom stereocenters. The molecule has 0 spiro atoms. The minimum absolute atomic E-state index is 0.0175. The molecule has 7 amide bonds. The molecule has 258 valence electrons. The van der Waals surface area contributed by atoms with Crippen molar-refractivity contribution in [2.75, 3.05) is 18.4 Å². The summed E-state index contributed by atoms with van der Waals surface area (Å²) in [5.74, 6) is -3.92. The number of nitrogens with one attached hydrogen (secondary N) is 5. The molecule has 3 aromatic rings. The van der Waals surface area contributed by atoms with Crippen LogP contribution >= 0.6 is 0 Å². The fourth-order valence-corrected chi connectivity index (χ4v) is 6.52. The van der Waals surface area contributed by atoms with Gasteiger partial charge in [-0.3, -0.25) is 43.8 Å². The van der Waals surface area contributed by atoms with Crippen LogP contribution in [0.25, 0.3) is 11.6 Å². The first kappa shape index (κ1) is 34.0. The van der Waals surface area contributed by atoms with Crippen LogP contribution in [0.2, 0.25) is 0 Å². The number of anilines is 1. The van der Waals surface area contributed by atoms with Gasteiger partial charge in [-0.05, 0) is 81.1 Å². The van der Waals surface area contributed by atoms with E-state index in [0.29, 0.717) is 65.3 Å². The Labute approximate surface area is 286 Å². The van der Waals surface area contributed by atoms with E-state index in [4.69, 9.17) is 0 Å². The molecule has 4 heterocycles. The predicted octanol–water partition coefficient (Wildman–Crippen LogP) is 3.38. The van der Waals surface area contributed by atoms with Crippen LogP contribution in [-0.2, 0) is 14.4 Å². The maximum atomic E-state index is 13.8. The number of aromatic nitrogens is 1. The van der Waals surface area contributed by atoms with Crippen molar-refractivity contribution in [1.82, 2.24) is 25.8 Å². The number of benzene rings is 2. The number of unbranched alkanes of at least 4 members (excludes halogenated alkanes) is 3. The van der Waals surface area contributed by atoms with Gasteiger partial charge in [0.1, 0.15) is 11.9 Å². The molecule has 0 radical (unpaired) electrons. The average Bonchev–Trinajstić information content (AvgIpc) is 3.64. The third kappa shape index (κ3) is 6.56. The molecule has 14 heteroatoms. The summed E-state index contributed by atoms with van der Waals surface area (Å²) < 4.78 is 13.8. The number of imide groups is 2. The zero-order chi connectivity index (χ0) is 35.7. The Morgan fingerprint density at radius 3 is 2.28 bits per heavy atom. The van der Waals surface area contributed by atoms with Crippen molar-refractivity contribution in [3.05, 3.63) is 87.0 Å². The summed E-state index contributed by atoms with van der Waals surface area (Å²) in [5.41, 5.74) is 4.04. The lowest BCUT2D eigenvalue weighted by Crippen LogP contribution is -2.54. The van der Waals surface area contributed by atoms with E-state index in [-0.39, 0.29) is 41.3 Å². The third-order valence-corrected chi connectivity index (χ3v) is 9.13. The highest BCUT2D eigenvalue weighted by atomic mass is 19.1. The molecule has 0 saturated carbocycles. The first-order chi connectivity index (χ1) is 23.9. The molecule has 1 fully saturated rings. The number of amides is 7. The van der Waals surface area contributed by atoms with Gasteiger partial charge in [0, 0.05) is 47.7 Å². The normalized spacial score (nSPS) is 17.5. The van der Waals surface area contributed by atoms with E-state index in [1.165, 1.54) is 36.4 Å². The van der Waals surface area contributed by atoms with Crippen LogP contribution in [0, 0.1) is 19.7 Å². The fraction of sp³-hybridized carbons (Fsp3) is 0.306.